The van der Waals surface area contributed by atoms with E-state index in [0.29, 0.717) is 17.1 Å². The highest BCUT2D eigenvalue weighted by atomic mass is 16.5. The van der Waals surface area contributed by atoms with Crippen LogP contribution in [0.25, 0.3) is 0 Å². The fourth-order valence-corrected chi connectivity index (χ4v) is 2.75. The van der Waals surface area contributed by atoms with E-state index in [1.54, 1.807) is 18.2 Å². The Morgan fingerprint density at radius 2 is 1.92 bits per heavy atom. The van der Waals surface area contributed by atoms with E-state index in [1.165, 1.54) is 14.2 Å². The first-order chi connectivity index (χ1) is 12.0. The molecule has 1 aliphatic rings. The second-order valence-electron chi connectivity index (χ2n) is 5.19. The van der Waals surface area contributed by atoms with Gasteiger partial charge in [-0.05, 0) is 17.7 Å². The number of nitrogens with one attached hydrogen (secondary N) is 2. The van der Waals surface area contributed by atoms with Crippen molar-refractivity contribution < 1.29 is 14.2 Å². The van der Waals surface area contributed by atoms with Crippen molar-refractivity contribution in [2.45, 2.75) is 5.92 Å². The average Bonchev–Trinajstić information content (AvgIpc) is 2.59. The first-order valence-corrected chi connectivity index (χ1v) is 7.16. The largest absolute Gasteiger partial charge is 0.493 e. The summed E-state index contributed by atoms with van der Waals surface area (Å²) in [5.41, 5.74) is 5.09. The lowest BCUT2D eigenvalue weighted by Gasteiger charge is -2.25. The van der Waals surface area contributed by atoms with E-state index in [9.17, 15) is 14.9 Å². The number of nitriles is 1. The maximum Gasteiger partial charge on any atom is 0.328 e. The van der Waals surface area contributed by atoms with E-state index in [2.05, 4.69) is 9.97 Å². The number of aromatic amines is 2. The molecule has 25 heavy (non-hydrogen) atoms. The standard InChI is InChI=1S/C16H14N4O5/c1-23-9-4-3-7(5-10(9)24-2)11-8(6-17)13(18)25-15-12(11)14(21)19-16(22)20-15/h3-5,11H,18H2,1-2H3,(H2,19,20,21,22). The van der Waals surface area contributed by atoms with E-state index in [4.69, 9.17) is 19.9 Å². The molecule has 1 aromatic carbocycles. The predicted octanol–water partition coefficient (Wildman–Crippen LogP) is 0.299. The molecule has 1 unspecified atom stereocenters. The second kappa shape index (κ2) is 6.09. The Kier molecular flexibility index (Phi) is 3.94. The smallest absolute Gasteiger partial charge is 0.328 e. The molecule has 0 saturated carbocycles. The summed E-state index contributed by atoms with van der Waals surface area (Å²) in [5, 5.41) is 9.48. The number of H-pyrrole nitrogens is 2. The number of aromatic nitrogens is 2. The summed E-state index contributed by atoms with van der Waals surface area (Å²) < 4.78 is 15.7. The molecule has 4 N–H and O–H groups in total. The summed E-state index contributed by atoms with van der Waals surface area (Å²) in [6, 6.07) is 6.92. The van der Waals surface area contributed by atoms with E-state index in [0.717, 1.165) is 0 Å². The third-order valence-corrected chi connectivity index (χ3v) is 3.86. The molecule has 0 fully saturated rings. The Hall–Kier alpha value is -3.67. The molecule has 0 spiro atoms. The van der Waals surface area contributed by atoms with Gasteiger partial charge in [0, 0.05) is 0 Å². The van der Waals surface area contributed by atoms with Gasteiger partial charge in [0.1, 0.15) is 11.6 Å². The Morgan fingerprint density at radius 1 is 1.20 bits per heavy atom. The number of rotatable bonds is 3. The number of ether oxygens (including phenoxy) is 3. The van der Waals surface area contributed by atoms with Crippen molar-refractivity contribution >= 4 is 0 Å². The molecule has 0 amide bonds. The van der Waals surface area contributed by atoms with Crippen molar-refractivity contribution in [1.29, 1.82) is 5.26 Å². The van der Waals surface area contributed by atoms with Gasteiger partial charge < -0.3 is 19.9 Å². The number of benzene rings is 1. The molecule has 3 rings (SSSR count). The van der Waals surface area contributed by atoms with Gasteiger partial charge in [0.05, 0.1) is 25.7 Å². The molecule has 128 valence electrons. The number of hydrogen-bond donors (Lipinski definition) is 3. The van der Waals surface area contributed by atoms with Gasteiger partial charge >= 0.3 is 5.69 Å². The fourth-order valence-electron chi connectivity index (χ4n) is 2.75. The number of nitrogens with zero attached hydrogens (tertiary/aromatic N) is 1. The first kappa shape index (κ1) is 16.2. The maximum atomic E-state index is 12.3. The summed E-state index contributed by atoms with van der Waals surface area (Å²) in [4.78, 5) is 28.3. The Balaban J connectivity index is 2.29. The van der Waals surface area contributed by atoms with Crippen LogP contribution < -0.4 is 31.2 Å². The molecule has 9 nitrogen and oxygen atoms in total. The zero-order chi connectivity index (χ0) is 18.1. The number of methoxy groups -OCH3 is 2. The number of allylic oxidation sites excluding steroid dienone is 1. The van der Waals surface area contributed by atoms with Crippen LogP contribution in [0, 0.1) is 11.3 Å². The highest BCUT2D eigenvalue weighted by molar-refractivity contribution is 5.55. The van der Waals surface area contributed by atoms with Crippen LogP contribution in [0.4, 0.5) is 0 Å². The van der Waals surface area contributed by atoms with Gasteiger partial charge in [0.25, 0.3) is 5.56 Å². The first-order valence-electron chi connectivity index (χ1n) is 7.16. The molecule has 0 aliphatic carbocycles. The van der Waals surface area contributed by atoms with E-state index in [-0.39, 0.29) is 22.9 Å². The zero-order valence-electron chi connectivity index (χ0n) is 13.4. The van der Waals surface area contributed by atoms with Crippen molar-refractivity contribution in [1.82, 2.24) is 9.97 Å². The predicted molar refractivity (Wildman–Crippen MR) is 86.5 cm³/mol. The minimum Gasteiger partial charge on any atom is -0.493 e. The highest BCUT2D eigenvalue weighted by Crippen LogP contribution is 2.41. The fraction of sp³-hybridized carbons (Fsp3) is 0.188. The van der Waals surface area contributed by atoms with E-state index in [1.807, 2.05) is 6.07 Å². The minimum atomic E-state index is -0.825. The molecule has 0 bridgehead atoms. The van der Waals surface area contributed by atoms with Gasteiger partial charge in [-0.1, -0.05) is 6.07 Å². The van der Waals surface area contributed by atoms with Crippen molar-refractivity contribution in [2.75, 3.05) is 14.2 Å². The molecule has 2 aromatic rings. The van der Waals surface area contributed by atoms with Gasteiger partial charge in [-0.3, -0.25) is 14.8 Å². The maximum absolute atomic E-state index is 12.3. The van der Waals surface area contributed by atoms with Crippen LogP contribution >= 0.6 is 0 Å². The van der Waals surface area contributed by atoms with Crippen LogP contribution in [-0.4, -0.2) is 24.2 Å². The third kappa shape index (κ3) is 2.59. The number of hydrogen-bond acceptors (Lipinski definition) is 7. The summed E-state index contributed by atoms with van der Waals surface area (Å²) in [6.07, 6.45) is 0. The van der Waals surface area contributed by atoms with Crippen LogP contribution in [-0.2, 0) is 0 Å². The lowest BCUT2D eigenvalue weighted by atomic mass is 9.85. The van der Waals surface area contributed by atoms with Crippen LogP contribution in [0.2, 0.25) is 0 Å². The van der Waals surface area contributed by atoms with E-state index < -0.39 is 17.2 Å². The molecular formula is C16H14N4O5. The van der Waals surface area contributed by atoms with Crippen LogP contribution in [0.3, 0.4) is 0 Å². The monoisotopic (exact) mass is 342 g/mol. The van der Waals surface area contributed by atoms with Gasteiger partial charge in [0.2, 0.25) is 11.8 Å². The van der Waals surface area contributed by atoms with Crippen molar-refractivity contribution in [3.8, 4) is 23.4 Å². The molecule has 0 radical (unpaired) electrons. The molecule has 1 aromatic heterocycles. The molecule has 9 heteroatoms. The SMILES string of the molecule is COc1ccc(C2C(C#N)=C(N)Oc3[nH]c(=O)[nH]c(=O)c32)cc1OC. The molecule has 1 atom stereocenters. The van der Waals surface area contributed by atoms with Gasteiger partial charge in [0.15, 0.2) is 11.5 Å². The second-order valence-corrected chi connectivity index (χ2v) is 5.19. The lowest BCUT2D eigenvalue weighted by molar-refractivity contribution is 0.353. The molecule has 0 saturated heterocycles. The van der Waals surface area contributed by atoms with Gasteiger partial charge in [-0.15, -0.1) is 0 Å². The molecule has 2 heterocycles. The minimum absolute atomic E-state index is 0.0530. The van der Waals surface area contributed by atoms with Crippen molar-refractivity contribution in [2.24, 2.45) is 5.73 Å². The highest BCUT2D eigenvalue weighted by Gasteiger charge is 2.34. The number of fused-ring (bicyclic) bond motifs is 1. The Morgan fingerprint density at radius 3 is 2.56 bits per heavy atom. The van der Waals surface area contributed by atoms with Crippen LogP contribution in [0.1, 0.15) is 17.0 Å². The number of nitrogens with two attached hydrogens (primary N) is 1. The third-order valence-electron chi connectivity index (χ3n) is 3.86. The summed E-state index contributed by atoms with van der Waals surface area (Å²) in [6.45, 7) is 0. The Labute approximate surface area is 141 Å². The normalized spacial score (nSPS) is 15.8. The summed E-state index contributed by atoms with van der Waals surface area (Å²) in [7, 11) is 2.97. The van der Waals surface area contributed by atoms with E-state index >= 15 is 0 Å². The van der Waals surface area contributed by atoms with Crippen LogP contribution in [0.15, 0.2) is 39.2 Å². The summed E-state index contributed by atoms with van der Waals surface area (Å²) >= 11 is 0. The topological polar surface area (TPSA) is 143 Å². The lowest BCUT2D eigenvalue weighted by Crippen LogP contribution is -2.33. The van der Waals surface area contributed by atoms with Gasteiger partial charge in [-0.2, -0.15) is 5.26 Å². The molecular weight excluding hydrogens is 328 g/mol. The van der Waals surface area contributed by atoms with Crippen LogP contribution in [0.5, 0.6) is 17.4 Å². The summed E-state index contributed by atoms with van der Waals surface area (Å²) in [5.74, 6) is -0.190. The average molecular weight is 342 g/mol. The van der Waals surface area contributed by atoms with Crippen molar-refractivity contribution in [3.05, 3.63) is 61.6 Å². The molecule has 1 aliphatic heterocycles. The Bertz CT molecular complexity index is 1030. The van der Waals surface area contributed by atoms with Crippen molar-refractivity contribution in [3.63, 3.8) is 0 Å². The van der Waals surface area contributed by atoms with Gasteiger partial charge in [-0.25, -0.2) is 4.79 Å². The quantitative estimate of drug-likeness (QED) is 0.727. The zero-order valence-corrected chi connectivity index (χ0v) is 13.4.